The van der Waals surface area contributed by atoms with Gasteiger partial charge < -0.3 is 9.84 Å². The molecule has 1 fully saturated rings. The highest BCUT2D eigenvalue weighted by molar-refractivity contribution is 5.28. The van der Waals surface area contributed by atoms with Crippen molar-refractivity contribution >= 4 is 0 Å². The summed E-state index contributed by atoms with van der Waals surface area (Å²) in [7, 11) is 0. The molecule has 0 aromatic heterocycles. The average Bonchev–Trinajstić information content (AvgIpc) is 2.28. The summed E-state index contributed by atoms with van der Waals surface area (Å²) in [6.45, 7) is 7.81. The molecule has 1 aromatic carbocycles. The van der Waals surface area contributed by atoms with Crippen LogP contribution in [0.4, 0.5) is 0 Å². The van der Waals surface area contributed by atoms with E-state index in [2.05, 4.69) is 36.9 Å². The number of morpholine rings is 1. The first-order chi connectivity index (χ1) is 8.17. The van der Waals surface area contributed by atoms with E-state index in [9.17, 15) is 0 Å². The van der Waals surface area contributed by atoms with Crippen LogP contribution in [-0.2, 0) is 11.3 Å². The van der Waals surface area contributed by atoms with E-state index in [1.165, 1.54) is 16.7 Å². The van der Waals surface area contributed by atoms with Gasteiger partial charge in [-0.25, -0.2) is 0 Å². The van der Waals surface area contributed by atoms with Crippen LogP contribution in [0.15, 0.2) is 18.2 Å². The first kappa shape index (κ1) is 12.6. The Morgan fingerprint density at radius 3 is 2.65 bits per heavy atom. The molecule has 0 aliphatic carbocycles. The van der Waals surface area contributed by atoms with E-state index in [0.717, 1.165) is 26.2 Å². The van der Waals surface area contributed by atoms with Crippen molar-refractivity contribution in [3.8, 4) is 0 Å². The van der Waals surface area contributed by atoms with Crippen molar-refractivity contribution in [2.45, 2.75) is 26.5 Å². The quantitative estimate of drug-likeness (QED) is 0.861. The molecule has 1 unspecified atom stereocenters. The lowest BCUT2D eigenvalue weighted by molar-refractivity contribution is -0.0551. The Morgan fingerprint density at radius 2 is 2.00 bits per heavy atom. The van der Waals surface area contributed by atoms with Gasteiger partial charge >= 0.3 is 0 Å². The fraction of sp³-hybridized carbons (Fsp3) is 0.571. The summed E-state index contributed by atoms with van der Waals surface area (Å²) in [6.07, 6.45) is -0.0188. The molecule has 1 atom stereocenters. The van der Waals surface area contributed by atoms with Crippen LogP contribution in [0.1, 0.15) is 16.7 Å². The fourth-order valence-corrected chi connectivity index (χ4v) is 2.45. The van der Waals surface area contributed by atoms with Gasteiger partial charge in [-0.2, -0.15) is 0 Å². The maximum atomic E-state index is 9.11. The molecule has 1 aliphatic rings. The summed E-state index contributed by atoms with van der Waals surface area (Å²) in [5.74, 6) is 0. The Morgan fingerprint density at radius 1 is 1.29 bits per heavy atom. The molecule has 1 aromatic rings. The van der Waals surface area contributed by atoms with Gasteiger partial charge in [0.05, 0.1) is 19.3 Å². The number of aliphatic hydroxyl groups is 1. The van der Waals surface area contributed by atoms with Gasteiger partial charge in [0.2, 0.25) is 0 Å². The van der Waals surface area contributed by atoms with Crippen LogP contribution in [0.2, 0.25) is 0 Å². The Kier molecular flexibility index (Phi) is 4.15. The lowest BCUT2D eigenvalue weighted by Gasteiger charge is -2.32. The second-order valence-corrected chi connectivity index (χ2v) is 4.91. The van der Waals surface area contributed by atoms with Gasteiger partial charge in [-0.15, -0.1) is 0 Å². The summed E-state index contributed by atoms with van der Waals surface area (Å²) in [5.41, 5.74) is 3.97. The maximum absolute atomic E-state index is 9.11. The Balaban J connectivity index is 2.00. The van der Waals surface area contributed by atoms with E-state index in [-0.39, 0.29) is 12.7 Å². The standard InChI is InChI=1S/C14H21NO2/c1-11-5-12(2)7-13(6-11)8-15-3-4-17-14(9-15)10-16/h5-7,14,16H,3-4,8-10H2,1-2H3. The van der Waals surface area contributed by atoms with Crippen LogP contribution in [0.25, 0.3) is 0 Å². The third kappa shape index (κ3) is 3.53. The molecule has 0 radical (unpaired) electrons. The molecular weight excluding hydrogens is 214 g/mol. The SMILES string of the molecule is Cc1cc(C)cc(CN2CCOC(CO)C2)c1. The van der Waals surface area contributed by atoms with Crippen molar-refractivity contribution in [3.05, 3.63) is 34.9 Å². The molecule has 1 aliphatic heterocycles. The number of aryl methyl sites for hydroxylation is 2. The molecule has 3 nitrogen and oxygen atoms in total. The minimum absolute atomic E-state index is 0.0188. The summed E-state index contributed by atoms with van der Waals surface area (Å²) < 4.78 is 5.45. The molecule has 1 heterocycles. The fourth-order valence-electron chi connectivity index (χ4n) is 2.45. The summed E-state index contributed by atoms with van der Waals surface area (Å²) in [6, 6.07) is 6.66. The van der Waals surface area contributed by atoms with Gasteiger partial charge in [-0.3, -0.25) is 4.90 Å². The molecule has 94 valence electrons. The third-order valence-electron chi connectivity index (χ3n) is 3.11. The summed E-state index contributed by atoms with van der Waals surface area (Å²) in [4.78, 5) is 2.35. The van der Waals surface area contributed by atoms with Gasteiger partial charge in [-0.05, 0) is 19.4 Å². The molecule has 0 spiro atoms. The molecule has 0 bridgehead atoms. The minimum Gasteiger partial charge on any atom is -0.394 e. The number of hydrogen-bond acceptors (Lipinski definition) is 3. The van der Waals surface area contributed by atoms with Gasteiger partial charge in [0.15, 0.2) is 0 Å². The predicted molar refractivity (Wildman–Crippen MR) is 68.0 cm³/mol. The zero-order valence-electron chi connectivity index (χ0n) is 10.6. The smallest absolute Gasteiger partial charge is 0.0933 e. The van der Waals surface area contributed by atoms with Crippen LogP contribution in [-0.4, -0.2) is 42.4 Å². The predicted octanol–water partition coefficient (Wildman–Crippen LogP) is 1.50. The number of ether oxygens (including phenoxy) is 1. The maximum Gasteiger partial charge on any atom is 0.0933 e. The van der Waals surface area contributed by atoms with Crippen LogP contribution in [0.5, 0.6) is 0 Å². The minimum atomic E-state index is -0.0188. The topological polar surface area (TPSA) is 32.7 Å². The van der Waals surface area contributed by atoms with E-state index < -0.39 is 0 Å². The average molecular weight is 235 g/mol. The van der Waals surface area contributed by atoms with Crippen LogP contribution < -0.4 is 0 Å². The number of benzene rings is 1. The molecule has 3 heteroatoms. The summed E-state index contributed by atoms with van der Waals surface area (Å²) >= 11 is 0. The van der Waals surface area contributed by atoms with Crippen molar-refractivity contribution in [3.63, 3.8) is 0 Å². The molecular formula is C14H21NO2. The number of rotatable bonds is 3. The molecule has 1 N–H and O–H groups in total. The van der Waals surface area contributed by atoms with Gasteiger partial charge in [0, 0.05) is 19.6 Å². The zero-order valence-corrected chi connectivity index (χ0v) is 10.6. The molecule has 1 saturated heterocycles. The highest BCUT2D eigenvalue weighted by Gasteiger charge is 2.19. The molecule has 0 saturated carbocycles. The molecule has 0 amide bonds. The highest BCUT2D eigenvalue weighted by atomic mass is 16.5. The van der Waals surface area contributed by atoms with Crippen molar-refractivity contribution < 1.29 is 9.84 Å². The Bertz CT molecular complexity index is 358. The van der Waals surface area contributed by atoms with Crippen molar-refractivity contribution in [2.75, 3.05) is 26.3 Å². The van der Waals surface area contributed by atoms with Gasteiger partial charge in [0.25, 0.3) is 0 Å². The first-order valence-electron chi connectivity index (χ1n) is 6.19. The summed E-state index contributed by atoms with van der Waals surface area (Å²) in [5, 5.41) is 9.11. The number of nitrogens with zero attached hydrogens (tertiary/aromatic N) is 1. The zero-order chi connectivity index (χ0) is 12.3. The van der Waals surface area contributed by atoms with Crippen molar-refractivity contribution in [2.24, 2.45) is 0 Å². The van der Waals surface area contributed by atoms with Crippen LogP contribution in [0, 0.1) is 13.8 Å². The Hall–Kier alpha value is -0.900. The second-order valence-electron chi connectivity index (χ2n) is 4.91. The largest absolute Gasteiger partial charge is 0.394 e. The highest BCUT2D eigenvalue weighted by Crippen LogP contribution is 2.13. The number of aliphatic hydroxyl groups excluding tert-OH is 1. The van der Waals surface area contributed by atoms with Crippen LogP contribution >= 0.6 is 0 Å². The second kappa shape index (κ2) is 5.63. The van der Waals surface area contributed by atoms with Gasteiger partial charge in [-0.1, -0.05) is 29.3 Å². The lowest BCUT2D eigenvalue weighted by atomic mass is 10.1. The van der Waals surface area contributed by atoms with E-state index in [1.54, 1.807) is 0 Å². The normalized spacial score (nSPS) is 21.7. The van der Waals surface area contributed by atoms with Crippen molar-refractivity contribution in [1.82, 2.24) is 4.90 Å². The molecule has 2 rings (SSSR count). The van der Waals surface area contributed by atoms with E-state index in [1.807, 2.05) is 0 Å². The van der Waals surface area contributed by atoms with E-state index in [0.29, 0.717) is 0 Å². The van der Waals surface area contributed by atoms with Crippen molar-refractivity contribution in [1.29, 1.82) is 0 Å². The first-order valence-corrected chi connectivity index (χ1v) is 6.19. The third-order valence-corrected chi connectivity index (χ3v) is 3.11. The number of hydrogen-bond donors (Lipinski definition) is 1. The van der Waals surface area contributed by atoms with Crippen LogP contribution in [0.3, 0.4) is 0 Å². The molecule has 17 heavy (non-hydrogen) atoms. The van der Waals surface area contributed by atoms with Gasteiger partial charge in [0.1, 0.15) is 0 Å². The van der Waals surface area contributed by atoms with E-state index in [4.69, 9.17) is 9.84 Å². The monoisotopic (exact) mass is 235 g/mol. The Labute approximate surface area is 103 Å². The van der Waals surface area contributed by atoms with E-state index >= 15 is 0 Å². The lowest BCUT2D eigenvalue weighted by Crippen LogP contribution is -2.43.